The lowest BCUT2D eigenvalue weighted by atomic mass is 10.2. The number of carbonyl (C=O) groups excluding carboxylic acids is 1. The average molecular weight is 271 g/mol. The van der Waals surface area contributed by atoms with Crippen LogP contribution in [0.4, 0.5) is 0 Å². The second-order valence-corrected chi connectivity index (χ2v) is 4.08. The third-order valence-corrected chi connectivity index (χ3v) is 2.57. The predicted octanol–water partition coefficient (Wildman–Crippen LogP) is 0.933. The highest BCUT2D eigenvalue weighted by molar-refractivity contribution is 5.77. The van der Waals surface area contributed by atoms with Crippen molar-refractivity contribution in [3.8, 4) is 11.8 Å². The number of nitrogens with zero attached hydrogens (tertiary/aromatic N) is 3. The Morgan fingerprint density at radius 2 is 2.25 bits per heavy atom. The Kier molecular flexibility index (Phi) is 4.29. The number of hydrogen-bond donors (Lipinski definition) is 2. The lowest BCUT2D eigenvalue weighted by Gasteiger charge is -2.11. The fourth-order valence-corrected chi connectivity index (χ4v) is 1.55. The van der Waals surface area contributed by atoms with E-state index in [-0.39, 0.29) is 18.6 Å². The number of carbonyl (C=O) groups is 1. The molecule has 2 N–H and O–H groups in total. The number of benzene rings is 1. The SMILES string of the molecule is CC(NC(=O)COc1ccc(C#N)cc1)c1ncn[nH]1. The molecule has 0 saturated heterocycles. The summed E-state index contributed by atoms with van der Waals surface area (Å²) in [7, 11) is 0. The van der Waals surface area contributed by atoms with Gasteiger partial charge >= 0.3 is 0 Å². The molecule has 0 fully saturated rings. The Hall–Kier alpha value is -2.88. The van der Waals surface area contributed by atoms with E-state index in [9.17, 15) is 4.79 Å². The number of aromatic nitrogens is 3. The third-order valence-electron chi connectivity index (χ3n) is 2.57. The second kappa shape index (κ2) is 6.33. The first-order chi connectivity index (χ1) is 9.69. The average Bonchev–Trinajstić information content (AvgIpc) is 3.00. The summed E-state index contributed by atoms with van der Waals surface area (Å²) in [6, 6.07) is 8.29. The number of H-pyrrole nitrogens is 1. The molecule has 0 aliphatic heterocycles. The highest BCUT2D eigenvalue weighted by atomic mass is 16.5. The van der Waals surface area contributed by atoms with Crippen LogP contribution in [0.1, 0.15) is 24.4 Å². The first-order valence-corrected chi connectivity index (χ1v) is 5.96. The van der Waals surface area contributed by atoms with Crippen molar-refractivity contribution in [2.24, 2.45) is 0 Å². The van der Waals surface area contributed by atoms with Crippen LogP contribution in [0.2, 0.25) is 0 Å². The molecule has 7 nitrogen and oxygen atoms in total. The molecule has 2 rings (SSSR count). The number of hydrogen-bond acceptors (Lipinski definition) is 5. The van der Waals surface area contributed by atoms with Crippen LogP contribution < -0.4 is 10.1 Å². The van der Waals surface area contributed by atoms with Gasteiger partial charge in [-0.05, 0) is 31.2 Å². The number of ether oxygens (including phenoxy) is 1. The van der Waals surface area contributed by atoms with Crippen molar-refractivity contribution in [3.63, 3.8) is 0 Å². The van der Waals surface area contributed by atoms with Gasteiger partial charge in [0.25, 0.3) is 5.91 Å². The van der Waals surface area contributed by atoms with E-state index >= 15 is 0 Å². The topological polar surface area (TPSA) is 104 Å². The molecule has 1 aromatic carbocycles. The van der Waals surface area contributed by atoms with Gasteiger partial charge in [-0.1, -0.05) is 0 Å². The quantitative estimate of drug-likeness (QED) is 0.842. The van der Waals surface area contributed by atoms with Crippen LogP contribution in [-0.2, 0) is 4.79 Å². The summed E-state index contributed by atoms with van der Waals surface area (Å²) in [5.74, 6) is 0.849. The van der Waals surface area contributed by atoms with Gasteiger partial charge in [0.2, 0.25) is 0 Å². The van der Waals surface area contributed by atoms with Gasteiger partial charge in [-0.2, -0.15) is 10.4 Å². The van der Waals surface area contributed by atoms with Crippen LogP contribution in [0.25, 0.3) is 0 Å². The zero-order chi connectivity index (χ0) is 14.4. The maximum absolute atomic E-state index is 11.7. The lowest BCUT2D eigenvalue weighted by molar-refractivity contribution is -0.123. The number of nitrogens with one attached hydrogen (secondary N) is 2. The zero-order valence-corrected chi connectivity index (χ0v) is 10.8. The second-order valence-electron chi connectivity index (χ2n) is 4.08. The summed E-state index contributed by atoms with van der Waals surface area (Å²) in [4.78, 5) is 15.6. The van der Waals surface area contributed by atoms with Gasteiger partial charge in [0.05, 0.1) is 17.7 Å². The fourth-order valence-electron chi connectivity index (χ4n) is 1.55. The fraction of sp³-hybridized carbons (Fsp3) is 0.231. The van der Waals surface area contributed by atoms with Crippen LogP contribution in [0.5, 0.6) is 5.75 Å². The van der Waals surface area contributed by atoms with Crippen molar-refractivity contribution in [3.05, 3.63) is 42.0 Å². The van der Waals surface area contributed by atoms with Gasteiger partial charge in [-0.25, -0.2) is 4.98 Å². The monoisotopic (exact) mass is 271 g/mol. The Balaban J connectivity index is 1.81. The molecule has 2 aromatic rings. The zero-order valence-electron chi connectivity index (χ0n) is 10.8. The smallest absolute Gasteiger partial charge is 0.258 e. The van der Waals surface area contributed by atoms with E-state index in [1.165, 1.54) is 6.33 Å². The first kappa shape index (κ1) is 13.5. The summed E-state index contributed by atoms with van der Waals surface area (Å²) in [5.41, 5.74) is 0.542. The summed E-state index contributed by atoms with van der Waals surface area (Å²) in [6.07, 6.45) is 1.38. The minimum atomic E-state index is -0.269. The first-order valence-electron chi connectivity index (χ1n) is 5.96. The Morgan fingerprint density at radius 3 is 2.85 bits per heavy atom. The molecule has 1 heterocycles. The lowest BCUT2D eigenvalue weighted by Crippen LogP contribution is -2.31. The van der Waals surface area contributed by atoms with E-state index in [0.717, 1.165) is 0 Å². The maximum Gasteiger partial charge on any atom is 0.258 e. The molecule has 1 aromatic heterocycles. The van der Waals surface area contributed by atoms with E-state index < -0.39 is 0 Å². The van der Waals surface area contributed by atoms with Gasteiger partial charge in [-0.15, -0.1) is 0 Å². The molecular weight excluding hydrogens is 258 g/mol. The Labute approximate surface area is 115 Å². The van der Waals surface area contributed by atoms with Crippen molar-refractivity contribution in [2.75, 3.05) is 6.61 Å². The minimum absolute atomic E-state index is 0.107. The summed E-state index contributed by atoms with van der Waals surface area (Å²) in [5, 5.41) is 17.8. The standard InChI is InChI=1S/C13H13N5O2/c1-9(13-15-8-16-18-13)17-12(19)7-20-11-4-2-10(6-14)3-5-11/h2-5,8-9H,7H2,1H3,(H,17,19)(H,15,16,18). The van der Waals surface area contributed by atoms with E-state index in [1.54, 1.807) is 31.2 Å². The predicted molar refractivity (Wildman–Crippen MR) is 69.6 cm³/mol. The molecule has 0 aliphatic rings. The van der Waals surface area contributed by atoms with Gasteiger partial charge in [0.15, 0.2) is 6.61 Å². The molecule has 102 valence electrons. The minimum Gasteiger partial charge on any atom is -0.484 e. The van der Waals surface area contributed by atoms with Crippen molar-refractivity contribution < 1.29 is 9.53 Å². The molecule has 7 heteroatoms. The Bertz CT molecular complexity index is 601. The summed E-state index contributed by atoms with van der Waals surface area (Å²) in [6.45, 7) is 1.69. The number of rotatable bonds is 5. The van der Waals surface area contributed by atoms with E-state index in [2.05, 4.69) is 20.5 Å². The van der Waals surface area contributed by atoms with Gasteiger partial charge < -0.3 is 10.1 Å². The molecule has 1 atom stereocenters. The molecule has 20 heavy (non-hydrogen) atoms. The highest BCUT2D eigenvalue weighted by Crippen LogP contribution is 2.11. The van der Waals surface area contributed by atoms with Gasteiger partial charge in [0, 0.05) is 0 Å². The molecule has 0 bridgehead atoms. The number of aromatic amines is 1. The summed E-state index contributed by atoms with van der Waals surface area (Å²) >= 11 is 0. The molecule has 0 saturated carbocycles. The van der Waals surface area contributed by atoms with Gasteiger partial charge in [-0.3, -0.25) is 9.89 Å². The molecule has 0 spiro atoms. The van der Waals surface area contributed by atoms with E-state index in [1.807, 2.05) is 6.07 Å². The third kappa shape index (κ3) is 3.55. The molecule has 1 unspecified atom stereocenters. The molecule has 0 radical (unpaired) electrons. The molecule has 0 aliphatic carbocycles. The van der Waals surface area contributed by atoms with Crippen molar-refractivity contribution in [2.45, 2.75) is 13.0 Å². The van der Waals surface area contributed by atoms with Crippen LogP contribution in [-0.4, -0.2) is 27.7 Å². The van der Waals surface area contributed by atoms with Crippen molar-refractivity contribution >= 4 is 5.91 Å². The number of nitriles is 1. The van der Waals surface area contributed by atoms with Crippen LogP contribution in [0.15, 0.2) is 30.6 Å². The largest absolute Gasteiger partial charge is 0.484 e. The van der Waals surface area contributed by atoms with E-state index in [4.69, 9.17) is 10.00 Å². The Morgan fingerprint density at radius 1 is 1.50 bits per heavy atom. The normalized spacial score (nSPS) is 11.4. The van der Waals surface area contributed by atoms with Gasteiger partial charge in [0.1, 0.15) is 17.9 Å². The van der Waals surface area contributed by atoms with Crippen LogP contribution in [0.3, 0.4) is 0 Å². The van der Waals surface area contributed by atoms with Crippen molar-refractivity contribution in [1.82, 2.24) is 20.5 Å². The highest BCUT2D eigenvalue weighted by Gasteiger charge is 2.12. The molecular formula is C13H13N5O2. The van der Waals surface area contributed by atoms with E-state index in [0.29, 0.717) is 17.1 Å². The van der Waals surface area contributed by atoms with Crippen LogP contribution >= 0.6 is 0 Å². The molecule has 1 amide bonds. The van der Waals surface area contributed by atoms with Crippen molar-refractivity contribution in [1.29, 1.82) is 5.26 Å². The number of amides is 1. The summed E-state index contributed by atoms with van der Waals surface area (Å²) < 4.78 is 5.32. The maximum atomic E-state index is 11.7. The van der Waals surface area contributed by atoms with Crippen LogP contribution in [0, 0.1) is 11.3 Å².